The van der Waals surface area contributed by atoms with E-state index in [0.717, 1.165) is 24.8 Å². The van der Waals surface area contributed by atoms with Crippen LogP contribution in [0.1, 0.15) is 84.4 Å². The first-order chi connectivity index (χ1) is 15.0. The molecule has 0 amide bonds. The minimum Gasteiger partial charge on any atom is -0.426 e. The third-order valence-corrected chi connectivity index (χ3v) is 7.07. The lowest BCUT2D eigenvalue weighted by Gasteiger charge is -2.28. The third kappa shape index (κ3) is 4.60. The van der Waals surface area contributed by atoms with E-state index < -0.39 is 0 Å². The maximum absolute atomic E-state index is 12.3. The monoisotopic (exact) mass is 436 g/mol. The van der Waals surface area contributed by atoms with Crippen LogP contribution in [0.4, 0.5) is 0 Å². The number of fused-ring (bicyclic) bond motifs is 1. The highest BCUT2D eigenvalue weighted by molar-refractivity contribution is 5.75. The summed E-state index contributed by atoms with van der Waals surface area (Å²) in [5.74, 6) is 0.516. The van der Waals surface area contributed by atoms with Crippen LogP contribution in [-0.2, 0) is 20.4 Å². The molecule has 0 radical (unpaired) electrons. The molecule has 3 atom stereocenters. The van der Waals surface area contributed by atoms with E-state index in [1.165, 1.54) is 11.1 Å². The molecule has 2 aromatic rings. The molecule has 1 aliphatic carbocycles. The van der Waals surface area contributed by atoms with Crippen molar-refractivity contribution in [2.24, 2.45) is 11.8 Å². The average molecular weight is 437 g/mol. The zero-order chi connectivity index (χ0) is 23.7. The fraction of sp³-hybridized carbons (Fsp3) is 0.500. The second kappa shape index (κ2) is 9.09. The number of carbonyl (C=O) groups excluding carboxylic acids is 2. The summed E-state index contributed by atoms with van der Waals surface area (Å²) in [5, 5.41) is 0. The van der Waals surface area contributed by atoms with E-state index in [1.807, 2.05) is 64.1 Å². The minimum absolute atomic E-state index is 0.00890. The largest absolute Gasteiger partial charge is 0.426 e. The predicted octanol–water partition coefficient (Wildman–Crippen LogP) is 6.58. The van der Waals surface area contributed by atoms with Gasteiger partial charge < -0.3 is 9.47 Å². The Labute approximate surface area is 192 Å². The fourth-order valence-corrected chi connectivity index (χ4v) is 4.62. The van der Waals surface area contributed by atoms with Crippen molar-refractivity contribution in [3.8, 4) is 11.5 Å². The second-order valence-electron chi connectivity index (χ2n) is 10.1. The van der Waals surface area contributed by atoms with Gasteiger partial charge in [0.25, 0.3) is 0 Å². The van der Waals surface area contributed by atoms with Crippen molar-refractivity contribution in [1.82, 2.24) is 0 Å². The number of rotatable bonds is 7. The Balaban J connectivity index is 1.92. The van der Waals surface area contributed by atoms with Crippen LogP contribution in [0.25, 0.3) is 0 Å². The molecule has 0 fully saturated rings. The molecular weight excluding hydrogens is 400 g/mol. The van der Waals surface area contributed by atoms with Gasteiger partial charge in [-0.3, -0.25) is 9.59 Å². The maximum atomic E-state index is 12.3. The molecule has 0 N–H and O–H groups in total. The molecule has 0 aliphatic heterocycles. The van der Waals surface area contributed by atoms with Crippen LogP contribution in [0.15, 0.2) is 42.5 Å². The van der Waals surface area contributed by atoms with Gasteiger partial charge in [-0.1, -0.05) is 66.7 Å². The van der Waals surface area contributed by atoms with Crippen molar-refractivity contribution in [2.75, 3.05) is 0 Å². The Bertz CT molecular complexity index is 989. The first-order valence-corrected chi connectivity index (χ1v) is 11.7. The maximum Gasteiger partial charge on any atom is 0.314 e. The van der Waals surface area contributed by atoms with Crippen LogP contribution in [0, 0.1) is 11.8 Å². The van der Waals surface area contributed by atoms with Gasteiger partial charge in [0, 0.05) is 5.41 Å². The summed E-state index contributed by atoms with van der Waals surface area (Å²) in [6.07, 6.45) is 2.44. The molecule has 4 heteroatoms. The number of esters is 2. The zero-order valence-electron chi connectivity index (χ0n) is 20.5. The van der Waals surface area contributed by atoms with Crippen LogP contribution in [-0.4, -0.2) is 11.9 Å². The van der Waals surface area contributed by atoms with Crippen molar-refractivity contribution >= 4 is 11.9 Å². The van der Waals surface area contributed by atoms with Crippen LogP contribution in [0.2, 0.25) is 0 Å². The molecule has 172 valence electrons. The fourth-order valence-electron chi connectivity index (χ4n) is 4.62. The molecule has 2 aromatic carbocycles. The van der Waals surface area contributed by atoms with Gasteiger partial charge in [0.2, 0.25) is 0 Å². The molecular formula is C28H36O4. The summed E-state index contributed by atoms with van der Waals surface area (Å²) >= 11 is 0. The molecule has 1 aliphatic rings. The van der Waals surface area contributed by atoms with Crippen molar-refractivity contribution in [2.45, 2.75) is 78.6 Å². The van der Waals surface area contributed by atoms with E-state index >= 15 is 0 Å². The first-order valence-electron chi connectivity index (χ1n) is 11.7. The smallest absolute Gasteiger partial charge is 0.314 e. The number of hydrogen-bond acceptors (Lipinski definition) is 4. The Hall–Kier alpha value is -2.62. The van der Waals surface area contributed by atoms with E-state index in [1.54, 1.807) is 0 Å². The third-order valence-electron chi connectivity index (χ3n) is 7.07. The van der Waals surface area contributed by atoms with E-state index in [-0.39, 0.29) is 34.6 Å². The van der Waals surface area contributed by atoms with Crippen LogP contribution < -0.4 is 9.47 Å². The van der Waals surface area contributed by atoms with Crippen molar-refractivity contribution < 1.29 is 19.1 Å². The zero-order valence-corrected chi connectivity index (χ0v) is 20.5. The van der Waals surface area contributed by atoms with Crippen molar-refractivity contribution in [3.05, 3.63) is 59.2 Å². The van der Waals surface area contributed by atoms with Crippen LogP contribution in [0.5, 0.6) is 11.5 Å². The summed E-state index contributed by atoms with van der Waals surface area (Å²) in [5.41, 5.74) is 3.36. The van der Waals surface area contributed by atoms with Crippen molar-refractivity contribution in [1.29, 1.82) is 0 Å². The van der Waals surface area contributed by atoms with Gasteiger partial charge in [0.05, 0.1) is 11.8 Å². The Morgan fingerprint density at radius 2 is 1.31 bits per heavy atom. The Morgan fingerprint density at radius 3 is 1.84 bits per heavy atom. The van der Waals surface area contributed by atoms with Gasteiger partial charge in [-0.2, -0.15) is 0 Å². The van der Waals surface area contributed by atoms with Gasteiger partial charge in [0.15, 0.2) is 0 Å². The summed E-state index contributed by atoms with van der Waals surface area (Å²) in [6, 6.07) is 13.9. The number of carbonyl (C=O) groups is 2. The standard InChI is InChI=1S/C28H36O4/c1-8-18(3)25(29)31-21-12-10-20(11-13-21)28(7)17-27(5,6)23-15-14-22(16-24(23)28)32-26(30)19(4)9-2/h10-16,18-19H,8-9,17H2,1-7H3/t18?,19?,28-/m1/s1. The number of ether oxygens (including phenoxy) is 2. The summed E-state index contributed by atoms with van der Waals surface area (Å²) in [4.78, 5) is 24.5. The highest BCUT2D eigenvalue weighted by atomic mass is 16.5. The highest BCUT2D eigenvalue weighted by Crippen LogP contribution is 2.53. The van der Waals surface area contributed by atoms with Gasteiger partial charge in [-0.15, -0.1) is 0 Å². The van der Waals surface area contributed by atoms with Crippen LogP contribution in [0.3, 0.4) is 0 Å². The lowest BCUT2D eigenvalue weighted by molar-refractivity contribution is -0.139. The van der Waals surface area contributed by atoms with E-state index in [2.05, 4.69) is 26.8 Å². The summed E-state index contributed by atoms with van der Waals surface area (Å²) in [7, 11) is 0. The molecule has 0 bridgehead atoms. The summed E-state index contributed by atoms with van der Waals surface area (Å²) < 4.78 is 11.2. The molecule has 0 saturated carbocycles. The minimum atomic E-state index is -0.239. The van der Waals surface area contributed by atoms with Gasteiger partial charge >= 0.3 is 11.9 Å². The Kier molecular flexibility index (Phi) is 6.83. The quantitative estimate of drug-likeness (QED) is 0.363. The molecule has 0 saturated heterocycles. The van der Waals surface area contributed by atoms with E-state index in [0.29, 0.717) is 11.5 Å². The predicted molar refractivity (Wildman–Crippen MR) is 127 cm³/mol. The van der Waals surface area contributed by atoms with Gasteiger partial charge in [0.1, 0.15) is 11.5 Å². The highest BCUT2D eigenvalue weighted by Gasteiger charge is 2.46. The molecule has 3 rings (SSSR count). The molecule has 0 heterocycles. The van der Waals surface area contributed by atoms with E-state index in [4.69, 9.17) is 9.47 Å². The SMILES string of the molecule is CCC(C)C(=O)Oc1ccc([C@@]2(C)CC(C)(C)c3ccc(OC(=O)C(C)CC)cc32)cc1. The topological polar surface area (TPSA) is 52.6 Å². The molecule has 0 spiro atoms. The van der Waals surface area contributed by atoms with Gasteiger partial charge in [-0.25, -0.2) is 0 Å². The normalized spacial score (nSPS) is 20.8. The number of benzene rings is 2. The molecule has 2 unspecified atom stereocenters. The van der Waals surface area contributed by atoms with Crippen molar-refractivity contribution in [3.63, 3.8) is 0 Å². The molecule has 0 aromatic heterocycles. The van der Waals surface area contributed by atoms with Gasteiger partial charge in [-0.05, 0) is 65.6 Å². The first kappa shape index (κ1) is 24.0. The molecule has 32 heavy (non-hydrogen) atoms. The van der Waals surface area contributed by atoms with Crippen LogP contribution >= 0.6 is 0 Å². The Morgan fingerprint density at radius 1 is 0.812 bits per heavy atom. The number of hydrogen-bond donors (Lipinski definition) is 0. The second-order valence-corrected chi connectivity index (χ2v) is 10.1. The lowest BCUT2D eigenvalue weighted by Crippen LogP contribution is -2.23. The summed E-state index contributed by atoms with van der Waals surface area (Å²) in [6.45, 7) is 14.5. The average Bonchev–Trinajstić information content (AvgIpc) is 2.98. The lowest BCUT2D eigenvalue weighted by atomic mass is 9.75. The molecule has 4 nitrogen and oxygen atoms in total. The van der Waals surface area contributed by atoms with E-state index in [9.17, 15) is 9.59 Å².